The molecule has 1 aromatic heterocycles. The minimum absolute atomic E-state index is 0.0597. The highest BCUT2D eigenvalue weighted by Crippen LogP contribution is 2.28. The van der Waals surface area contributed by atoms with E-state index in [0.717, 1.165) is 11.3 Å². The van der Waals surface area contributed by atoms with Gasteiger partial charge in [0.25, 0.3) is 0 Å². The Labute approximate surface area is 120 Å². The van der Waals surface area contributed by atoms with Crippen LogP contribution in [0.15, 0.2) is 57.1 Å². The van der Waals surface area contributed by atoms with E-state index in [0.29, 0.717) is 4.88 Å². The van der Waals surface area contributed by atoms with Crippen molar-refractivity contribution in [3.63, 3.8) is 0 Å². The predicted octanol–water partition coefficient (Wildman–Crippen LogP) is 3.01. The summed E-state index contributed by atoms with van der Waals surface area (Å²) < 4.78 is 24.8. The van der Waals surface area contributed by atoms with Crippen molar-refractivity contribution in [2.45, 2.75) is 9.10 Å². The summed E-state index contributed by atoms with van der Waals surface area (Å²) in [5.74, 6) is 0. The van der Waals surface area contributed by atoms with Crippen molar-refractivity contribution in [1.82, 2.24) is 0 Å². The first-order valence-corrected chi connectivity index (χ1v) is 7.80. The summed E-state index contributed by atoms with van der Waals surface area (Å²) in [7, 11) is -3.54. The van der Waals surface area contributed by atoms with E-state index in [9.17, 15) is 8.42 Å². The SMILES string of the molecule is N#CC(C#N)=Cc1ccc(S(=O)(=O)c2ccccc2)s1. The normalized spacial score (nSPS) is 10.3. The van der Waals surface area contributed by atoms with Crippen LogP contribution in [0.4, 0.5) is 0 Å². The number of rotatable bonds is 3. The van der Waals surface area contributed by atoms with Crippen molar-refractivity contribution in [2.75, 3.05) is 0 Å². The average molecular weight is 300 g/mol. The van der Waals surface area contributed by atoms with Crippen molar-refractivity contribution in [2.24, 2.45) is 0 Å². The molecule has 0 spiro atoms. The number of allylic oxidation sites excluding steroid dienone is 1. The lowest BCUT2D eigenvalue weighted by Crippen LogP contribution is -1.98. The van der Waals surface area contributed by atoms with Gasteiger partial charge in [-0.05, 0) is 30.3 Å². The molecular weight excluding hydrogens is 292 g/mol. The van der Waals surface area contributed by atoms with Crippen LogP contribution in [0, 0.1) is 22.7 Å². The Kier molecular flexibility index (Phi) is 3.99. The van der Waals surface area contributed by atoms with E-state index in [2.05, 4.69) is 0 Å². The average Bonchev–Trinajstić information content (AvgIpc) is 2.95. The number of sulfone groups is 1. The largest absolute Gasteiger partial charge is 0.218 e. The molecule has 0 amide bonds. The Morgan fingerprint density at radius 2 is 1.70 bits per heavy atom. The van der Waals surface area contributed by atoms with Gasteiger partial charge in [0.1, 0.15) is 21.9 Å². The maximum Gasteiger partial charge on any atom is 0.215 e. The summed E-state index contributed by atoms with van der Waals surface area (Å²) in [5.41, 5.74) is -0.0597. The first-order valence-electron chi connectivity index (χ1n) is 5.50. The van der Waals surface area contributed by atoms with Gasteiger partial charge in [-0.2, -0.15) is 10.5 Å². The molecule has 4 nitrogen and oxygen atoms in total. The highest BCUT2D eigenvalue weighted by Gasteiger charge is 2.19. The fourth-order valence-corrected chi connectivity index (χ4v) is 4.20. The van der Waals surface area contributed by atoms with Gasteiger partial charge in [-0.25, -0.2) is 8.42 Å². The first-order chi connectivity index (χ1) is 9.57. The summed E-state index contributed by atoms with van der Waals surface area (Å²) in [6.45, 7) is 0. The van der Waals surface area contributed by atoms with E-state index in [1.54, 1.807) is 36.4 Å². The van der Waals surface area contributed by atoms with Gasteiger partial charge in [0.15, 0.2) is 0 Å². The van der Waals surface area contributed by atoms with Crippen LogP contribution in [0.1, 0.15) is 4.88 Å². The third-order valence-electron chi connectivity index (χ3n) is 2.45. The molecule has 0 aliphatic carbocycles. The number of hydrogen-bond donors (Lipinski definition) is 0. The maximum absolute atomic E-state index is 12.3. The lowest BCUT2D eigenvalue weighted by molar-refractivity contribution is 0.598. The van der Waals surface area contributed by atoms with Crippen LogP contribution in [0.5, 0.6) is 0 Å². The van der Waals surface area contributed by atoms with E-state index < -0.39 is 9.84 Å². The molecule has 0 radical (unpaired) electrons. The molecule has 6 heteroatoms. The monoisotopic (exact) mass is 300 g/mol. The van der Waals surface area contributed by atoms with E-state index in [-0.39, 0.29) is 14.7 Å². The minimum Gasteiger partial charge on any atom is -0.218 e. The molecule has 2 rings (SSSR count). The zero-order valence-corrected chi connectivity index (χ0v) is 11.8. The molecule has 0 N–H and O–H groups in total. The van der Waals surface area contributed by atoms with E-state index >= 15 is 0 Å². The van der Waals surface area contributed by atoms with Crippen molar-refractivity contribution < 1.29 is 8.42 Å². The van der Waals surface area contributed by atoms with Gasteiger partial charge in [0.2, 0.25) is 9.84 Å². The Morgan fingerprint density at radius 1 is 1.05 bits per heavy atom. The molecule has 2 aromatic rings. The number of hydrogen-bond acceptors (Lipinski definition) is 5. The van der Waals surface area contributed by atoms with Crippen LogP contribution in [0.25, 0.3) is 6.08 Å². The van der Waals surface area contributed by atoms with Crippen LogP contribution in [-0.2, 0) is 9.84 Å². The van der Waals surface area contributed by atoms with Gasteiger partial charge >= 0.3 is 0 Å². The van der Waals surface area contributed by atoms with Gasteiger partial charge in [-0.1, -0.05) is 18.2 Å². The Bertz CT molecular complexity index is 819. The zero-order valence-electron chi connectivity index (χ0n) is 10.1. The molecular formula is C14H8N2O2S2. The third-order valence-corrected chi connectivity index (χ3v) is 5.74. The maximum atomic E-state index is 12.3. The summed E-state index contributed by atoms with van der Waals surface area (Å²) in [5, 5.41) is 17.4. The van der Waals surface area contributed by atoms with E-state index in [1.807, 2.05) is 0 Å². The number of nitrogens with zero attached hydrogens (tertiary/aromatic N) is 2. The molecule has 0 aliphatic heterocycles. The van der Waals surface area contributed by atoms with Crippen LogP contribution in [0.2, 0.25) is 0 Å². The van der Waals surface area contributed by atoms with Gasteiger partial charge in [-0.3, -0.25) is 0 Å². The molecule has 1 aromatic carbocycles. The standard InChI is InChI=1S/C14H8N2O2S2/c15-9-11(10-16)8-12-6-7-14(19-12)20(17,18)13-4-2-1-3-5-13/h1-8H. The van der Waals surface area contributed by atoms with E-state index in [4.69, 9.17) is 10.5 Å². The number of thiophene rings is 1. The van der Waals surface area contributed by atoms with Crippen LogP contribution in [-0.4, -0.2) is 8.42 Å². The lowest BCUT2D eigenvalue weighted by atomic mass is 10.3. The molecule has 1 heterocycles. The van der Waals surface area contributed by atoms with Crippen molar-refractivity contribution in [3.8, 4) is 12.1 Å². The second-order valence-electron chi connectivity index (χ2n) is 3.75. The summed E-state index contributed by atoms with van der Waals surface area (Å²) >= 11 is 1.03. The van der Waals surface area contributed by atoms with Gasteiger partial charge < -0.3 is 0 Å². The lowest BCUT2D eigenvalue weighted by Gasteiger charge is -2.00. The molecule has 98 valence electrons. The molecule has 0 aliphatic rings. The second kappa shape index (κ2) is 5.70. The smallest absolute Gasteiger partial charge is 0.215 e. The summed E-state index contributed by atoms with van der Waals surface area (Å²) in [6, 6.07) is 14.6. The first kappa shape index (κ1) is 14.0. The molecule has 0 fully saturated rings. The molecule has 0 atom stereocenters. The van der Waals surface area contributed by atoms with Gasteiger partial charge in [0.05, 0.1) is 4.90 Å². The third kappa shape index (κ3) is 2.77. The van der Waals surface area contributed by atoms with Crippen LogP contribution < -0.4 is 0 Å². The summed E-state index contributed by atoms with van der Waals surface area (Å²) in [4.78, 5) is 0.774. The zero-order chi connectivity index (χ0) is 14.6. The van der Waals surface area contributed by atoms with Crippen molar-refractivity contribution in [1.29, 1.82) is 10.5 Å². The van der Waals surface area contributed by atoms with Gasteiger partial charge in [-0.15, -0.1) is 11.3 Å². The fourth-order valence-electron chi connectivity index (χ4n) is 1.50. The fraction of sp³-hybridized carbons (Fsp3) is 0. The number of nitriles is 2. The highest BCUT2D eigenvalue weighted by molar-refractivity contribution is 7.93. The predicted molar refractivity (Wildman–Crippen MR) is 75.4 cm³/mol. The Morgan fingerprint density at radius 3 is 2.30 bits per heavy atom. The Balaban J connectivity index is 2.43. The van der Waals surface area contributed by atoms with Crippen LogP contribution in [0.3, 0.4) is 0 Å². The highest BCUT2D eigenvalue weighted by atomic mass is 32.2. The molecule has 0 saturated carbocycles. The molecule has 0 bridgehead atoms. The topological polar surface area (TPSA) is 81.7 Å². The molecule has 20 heavy (non-hydrogen) atoms. The van der Waals surface area contributed by atoms with E-state index in [1.165, 1.54) is 24.3 Å². The quantitative estimate of drug-likeness (QED) is 0.816. The molecule has 0 unspecified atom stereocenters. The second-order valence-corrected chi connectivity index (χ2v) is 7.05. The van der Waals surface area contributed by atoms with Crippen LogP contribution >= 0.6 is 11.3 Å². The Hall–Kier alpha value is -2.41. The summed E-state index contributed by atoms with van der Waals surface area (Å²) in [6.07, 6.45) is 1.37. The molecule has 0 saturated heterocycles. The number of benzene rings is 1. The minimum atomic E-state index is -3.54. The van der Waals surface area contributed by atoms with Gasteiger partial charge in [0, 0.05) is 4.88 Å². The van der Waals surface area contributed by atoms with Crippen molar-refractivity contribution in [3.05, 3.63) is 52.9 Å². The van der Waals surface area contributed by atoms with Crippen molar-refractivity contribution >= 4 is 27.3 Å².